The lowest BCUT2D eigenvalue weighted by Gasteiger charge is -2.36. The number of fused-ring (bicyclic) bond motifs is 1. The first kappa shape index (κ1) is 23.3. The van der Waals surface area contributed by atoms with Gasteiger partial charge in [-0.25, -0.2) is 0 Å². The van der Waals surface area contributed by atoms with Gasteiger partial charge in [0.25, 0.3) is 5.91 Å². The van der Waals surface area contributed by atoms with Crippen molar-refractivity contribution in [2.75, 3.05) is 42.5 Å². The lowest BCUT2D eigenvalue weighted by atomic mass is 10.0. The number of hydrogen-bond acceptors (Lipinski definition) is 3. The van der Waals surface area contributed by atoms with E-state index >= 15 is 0 Å². The first-order valence-electron chi connectivity index (χ1n) is 12.0. The van der Waals surface area contributed by atoms with Crippen LogP contribution in [0.25, 0.3) is 0 Å². The van der Waals surface area contributed by atoms with Crippen LogP contribution >= 0.6 is 0 Å². The summed E-state index contributed by atoms with van der Waals surface area (Å²) in [5, 5.41) is 0. The number of halogens is 3. The van der Waals surface area contributed by atoms with Crippen molar-refractivity contribution < 1.29 is 18.0 Å². The topological polar surface area (TPSA) is 26.8 Å². The van der Waals surface area contributed by atoms with Gasteiger partial charge >= 0.3 is 6.18 Å². The van der Waals surface area contributed by atoms with Gasteiger partial charge in [-0.3, -0.25) is 4.79 Å². The first-order valence-corrected chi connectivity index (χ1v) is 12.0. The second kappa shape index (κ2) is 9.64. The third-order valence-corrected chi connectivity index (χ3v) is 6.89. The summed E-state index contributed by atoms with van der Waals surface area (Å²) in [7, 11) is 0. The van der Waals surface area contributed by atoms with E-state index in [1.165, 1.54) is 23.4 Å². The molecule has 3 aromatic carbocycles. The molecule has 0 aromatic heterocycles. The van der Waals surface area contributed by atoms with Crippen molar-refractivity contribution in [1.29, 1.82) is 0 Å². The number of carbonyl (C=O) groups excluding carboxylic acids is 1. The molecule has 2 aliphatic rings. The fourth-order valence-electron chi connectivity index (χ4n) is 4.98. The molecule has 0 saturated carbocycles. The molecule has 0 unspecified atom stereocenters. The molecule has 35 heavy (non-hydrogen) atoms. The molecular weight excluding hydrogens is 451 g/mol. The normalized spacial score (nSPS) is 16.3. The Morgan fingerprint density at radius 1 is 0.829 bits per heavy atom. The molecule has 0 atom stereocenters. The average Bonchev–Trinajstić information content (AvgIpc) is 2.89. The highest BCUT2D eigenvalue weighted by Crippen LogP contribution is 2.32. The van der Waals surface area contributed by atoms with E-state index in [9.17, 15) is 18.0 Å². The molecule has 1 fully saturated rings. The fourth-order valence-corrected chi connectivity index (χ4v) is 4.98. The molecule has 5 rings (SSSR count). The molecule has 7 heteroatoms. The molecule has 2 aliphatic heterocycles. The number of carbonyl (C=O) groups is 1. The molecule has 0 spiro atoms. The van der Waals surface area contributed by atoms with Crippen LogP contribution in [0.4, 0.5) is 24.5 Å². The molecule has 182 valence electrons. The highest BCUT2D eigenvalue weighted by atomic mass is 19.4. The minimum atomic E-state index is -4.36. The number of anilines is 2. The van der Waals surface area contributed by atoms with Gasteiger partial charge in [-0.1, -0.05) is 36.4 Å². The van der Waals surface area contributed by atoms with Crippen molar-refractivity contribution in [3.63, 3.8) is 0 Å². The number of benzene rings is 3. The van der Waals surface area contributed by atoms with Gasteiger partial charge in [-0.05, 0) is 60.4 Å². The standard InChI is InChI=1S/C28H28F3N3O/c29-28(30,31)24-7-3-8-25(19-24)32-15-17-33(18-16-32)27(35)23-12-10-21(11-13-23)20-34-14-4-6-22-5-1-2-9-26(22)34/h1-3,5,7-13,19H,4,6,14-18,20H2. The second-order valence-electron chi connectivity index (χ2n) is 9.18. The van der Waals surface area contributed by atoms with Crippen LogP contribution in [-0.2, 0) is 19.1 Å². The zero-order valence-electron chi connectivity index (χ0n) is 19.5. The van der Waals surface area contributed by atoms with E-state index in [4.69, 9.17) is 0 Å². The Kier molecular flexibility index (Phi) is 6.41. The van der Waals surface area contributed by atoms with Gasteiger partial charge in [-0.15, -0.1) is 0 Å². The zero-order valence-corrected chi connectivity index (χ0v) is 19.5. The van der Waals surface area contributed by atoms with Gasteiger partial charge in [0.15, 0.2) is 0 Å². The Labute approximate surface area is 203 Å². The smallest absolute Gasteiger partial charge is 0.368 e. The number of para-hydroxylation sites is 1. The second-order valence-corrected chi connectivity index (χ2v) is 9.18. The van der Waals surface area contributed by atoms with E-state index in [0.717, 1.165) is 37.6 Å². The fraction of sp³-hybridized carbons (Fsp3) is 0.321. The summed E-state index contributed by atoms with van der Waals surface area (Å²) < 4.78 is 39.1. The predicted molar refractivity (Wildman–Crippen MR) is 132 cm³/mol. The Morgan fingerprint density at radius 2 is 1.57 bits per heavy atom. The SMILES string of the molecule is O=C(c1ccc(CN2CCCc3ccccc32)cc1)N1CCN(c2cccc(C(F)(F)F)c2)CC1. The van der Waals surface area contributed by atoms with Crippen molar-refractivity contribution in [3.8, 4) is 0 Å². The van der Waals surface area contributed by atoms with Crippen molar-refractivity contribution in [2.45, 2.75) is 25.6 Å². The van der Waals surface area contributed by atoms with Crippen LogP contribution in [0.2, 0.25) is 0 Å². The summed E-state index contributed by atoms with van der Waals surface area (Å²) in [6.45, 7) is 3.77. The Balaban J connectivity index is 1.19. The number of hydrogen-bond donors (Lipinski definition) is 0. The molecule has 0 aliphatic carbocycles. The highest BCUT2D eigenvalue weighted by Gasteiger charge is 2.31. The molecule has 1 saturated heterocycles. The van der Waals surface area contributed by atoms with Gasteiger partial charge in [0, 0.05) is 56.2 Å². The van der Waals surface area contributed by atoms with Crippen LogP contribution in [0.3, 0.4) is 0 Å². The monoisotopic (exact) mass is 479 g/mol. The van der Waals surface area contributed by atoms with Crippen molar-refractivity contribution in [1.82, 2.24) is 4.90 Å². The Bertz CT molecular complexity index is 1180. The maximum absolute atomic E-state index is 13.0. The number of rotatable bonds is 4. The summed E-state index contributed by atoms with van der Waals surface area (Å²) in [6.07, 6.45) is -2.11. The highest BCUT2D eigenvalue weighted by molar-refractivity contribution is 5.94. The molecule has 2 heterocycles. The number of aryl methyl sites for hydroxylation is 1. The number of alkyl halides is 3. The number of piperazine rings is 1. The van der Waals surface area contributed by atoms with E-state index < -0.39 is 11.7 Å². The average molecular weight is 480 g/mol. The summed E-state index contributed by atoms with van der Waals surface area (Å²) >= 11 is 0. The van der Waals surface area contributed by atoms with Crippen LogP contribution in [0.5, 0.6) is 0 Å². The Hall–Kier alpha value is -3.48. The first-order chi connectivity index (χ1) is 16.9. The van der Waals surface area contributed by atoms with Crippen molar-refractivity contribution in [2.24, 2.45) is 0 Å². The van der Waals surface area contributed by atoms with Crippen molar-refractivity contribution >= 4 is 17.3 Å². The van der Waals surface area contributed by atoms with Gasteiger partial charge in [0.2, 0.25) is 0 Å². The molecule has 0 bridgehead atoms. The van der Waals surface area contributed by atoms with E-state index in [-0.39, 0.29) is 5.91 Å². The predicted octanol–water partition coefficient (Wildman–Crippen LogP) is 5.62. The maximum Gasteiger partial charge on any atom is 0.416 e. The van der Waals surface area contributed by atoms with Crippen LogP contribution in [0.15, 0.2) is 72.8 Å². The van der Waals surface area contributed by atoms with E-state index in [1.54, 1.807) is 11.0 Å². The summed E-state index contributed by atoms with van der Waals surface area (Å²) in [5.41, 5.74) is 4.36. The molecule has 4 nitrogen and oxygen atoms in total. The number of nitrogens with zero attached hydrogens (tertiary/aromatic N) is 3. The zero-order chi connectivity index (χ0) is 24.4. The van der Waals surface area contributed by atoms with Gasteiger partial charge < -0.3 is 14.7 Å². The van der Waals surface area contributed by atoms with Crippen LogP contribution in [-0.4, -0.2) is 43.5 Å². The Morgan fingerprint density at radius 3 is 2.31 bits per heavy atom. The molecule has 0 N–H and O–H groups in total. The quantitative estimate of drug-likeness (QED) is 0.486. The van der Waals surface area contributed by atoms with Gasteiger partial charge in [0.1, 0.15) is 0 Å². The van der Waals surface area contributed by atoms with Crippen LogP contribution < -0.4 is 9.80 Å². The van der Waals surface area contributed by atoms with E-state index in [0.29, 0.717) is 37.4 Å². The molecule has 3 aromatic rings. The number of amides is 1. The van der Waals surface area contributed by atoms with Crippen LogP contribution in [0, 0.1) is 0 Å². The van der Waals surface area contributed by atoms with Crippen molar-refractivity contribution in [3.05, 3.63) is 95.1 Å². The largest absolute Gasteiger partial charge is 0.416 e. The summed E-state index contributed by atoms with van der Waals surface area (Å²) in [4.78, 5) is 19.1. The third-order valence-electron chi connectivity index (χ3n) is 6.89. The summed E-state index contributed by atoms with van der Waals surface area (Å²) in [6, 6.07) is 21.7. The van der Waals surface area contributed by atoms with Gasteiger partial charge in [-0.2, -0.15) is 13.2 Å². The molecular formula is C28H28F3N3O. The van der Waals surface area contributed by atoms with E-state index in [1.807, 2.05) is 29.2 Å². The maximum atomic E-state index is 13.0. The summed E-state index contributed by atoms with van der Waals surface area (Å²) in [5.74, 6) is -0.0384. The molecule has 1 amide bonds. The lowest BCUT2D eigenvalue weighted by molar-refractivity contribution is -0.137. The minimum absolute atomic E-state index is 0.0384. The van der Waals surface area contributed by atoms with Gasteiger partial charge in [0.05, 0.1) is 5.56 Å². The van der Waals surface area contributed by atoms with Crippen LogP contribution in [0.1, 0.15) is 33.5 Å². The third kappa shape index (κ3) is 5.14. The minimum Gasteiger partial charge on any atom is -0.368 e. The lowest BCUT2D eigenvalue weighted by Crippen LogP contribution is -2.48. The van der Waals surface area contributed by atoms with E-state index in [2.05, 4.69) is 29.2 Å². The molecule has 0 radical (unpaired) electrons.